The van der Waals surface area contributed by atoms with E-state index in [1.54, 1.807) is 6.20 Å². The number of likely N-dealkylation sites (tertiary alicyclic amines) is 1. The van der Waals surface area contributed by atoms with Gasteiger partial charge in [0.05, 0.1) is 5.69 Å². The van der Waals surface area contributed by atoms with Crippen LogP contribution in [0.15, 0.2) is 24.5 Å². The monoisotopic (exact) mass is 341 g/mol. The summed E-state index contributed by atoms with van der Waals surface area (Å²) in [4.78, 5) is 18.9. The Kier molecular flexibility index (Phi) is 5.81. The first-order chi connectivity index (χ1) is 12.1. The Hall–Kier alpha value is -2.21. The molecule has 1 aliphatic heterocycles. The molecule has 2 aromatic rings. The number of aromatic amines is 1. The van der Waals surface area contributed by atoms with Crippen molar-refractivity contribution in [2.75, 3.05) is 13.1 Å². The van der Waals surface area contributed by atoms with Gasteiger partial charge in [0.1, 0.15) is 0 Å². The number of pyridine rings is 1. The Labute approximate surface area is 149 Å². The number of rotatable bonds is 6. The second kappa shape index (κ2) is 8.25. The van der Waals surface area contributed by atoms with E-state index in [2.05, 4.69) is 31.5 Å². The topological polar surface area (TPSA) is 73.9 Å². The zero-order valence-electron chi connectivity index (χ0n) is 15.1. The Balaban J connectivity index is 1.45. The Morgan fingerprint density at radius 1 is 1.44 bits per heavy atom. The average molecular weight is 341 g/mol. The van der Waals surface area contributed by atoms with Crippen molar-refractivity contribution in [3.63, 3.8) is 0 Å². The summed E-state index contributed by atoms with van der Waals surface area (Å²) < 4.78 is 0. The van der Waals surface area contributed by atoms with Gasteiger partial charge in [-0.15, -0.1) is 0 Å². The van der Waals surface area contributed by atoms with Gasteiger partial charge in [-0.1, -0.05) is 6.07 Å². The molecule has 3 rings (SSSR count). The van der Waals surface area contributed by atoms with Crippen LogP contribution in [0.3, 0.4) is 0 Å². The molecule has 0 spiro atoms. The summed E-state index contributed by atoms with van der Waals surface area (Å²) in [7, 11) is 0. The van der Waals surface area contributed by atoms with Crippen LogP contribution in [0, 0.1) is 13.8 Å². The molecule has 1 amide bonds. The lowest BCUT2D eigenvalue weighted by Crippen LogP contribution is -2.47. The van der Waals surface area contributed by atoms with Crippen molar-refractivity contribution in [3.8, 4) is 0 Å². The van der Waals surface area contributed by atoms with Gasteiger partial charge in [0.25, 0.3) is 0 Å². The third-order valence-electron chi connectivity index (χ3n) is 4.94. The summed E-state index contributed by atoms with van der Waals surface area (Å²) in [6, 6.07) is 4.31. The number of amides is 1. The molecular formula is C19H27N5O. The lowest BCUT2D eigenvalue weighted by Gasteiger charge is -2.33. The highest BCUT2D eigenvalue weighted by molar-refractivity contribution is 5.76. The number of aromatic nitrogens is 3. The molecule has 3 heterocycles. The quantitative estimate of drug-likeness (QED) is 0.844. The molecule has 134 valence electrons. The Morgan fingerprint density at radius 3 is 3.04 bits per heavy atom. The highest BCUT2D eigenvalue weighted by Gasteiger charge is 2.21. The summed E-state index contributed by atoms with van der Waals surface area (Å²) >= 11 is 0. The zero-order chi connectivity index (χ0) is 17.6. The van der Waals surface area contributed by atoms with Gasteiger partial charge in [-0.05, 0) is 50.4 Å². The number of carbonyl (C=O) groups excluding carboxylic acids is 1. The standard InChI is InChI=1S/C19H27N5O/c1-14-15(2)22-23-18(14)7-8-19(25)21-17-6-4-10-24(13-17)12-16-5-3-9-20-11-16/h3,5,9,11,17H,4,6-8,10,12-13H2,1-2H3,(H,21,25)(H,22,23). The van der Waals surface area contributed by atoms with Crippen molar-refractivity contribution < 1.29 is 4.79 Å². The van der Waals surface area contributed by atoms with Crippen molar-refractivity contribution in [3.05, 3.63) is 47.0 Å². The maximum absolute atomic E-state index is 12.3. The van der Waals surface area contributed by atoms with Crippen LogP contribution in [0.1, 0.15) is 41.8 Å². The molecule has 25 heavy (non-hydrogen) atoms. The van der Waals surface area contributed by atoms with Gasteiger partial charge < -0.3 is 5.32 Å². The number of piperidine rings is 1. The molecule has 1 saturated heterocycles. The van der Waals surface area contributed by atoms with Gasteiger partial charge in [-0.3, -0.25) is 19.8 Å². The third-order valence-corrected chi connectivity index (χ3v) is 4.94. The van der Waals surface area contributed by atoms with Gasteiger partial charge in [-0.2, -0.15) is 5.10 Å². The van der Waals surface area contributed by atoms with Gasteiger partial charge in [-0.25, -0.2) is 0 Å². The van der Waals surface area contributed by atoms with Gasteiger partial charge >= 0.3 is 0 Å². The van der Waals surface area contributed by atoms with Gasteiger partial charge in [0.15, 0.2) is 0 Å². The average Bonchev–Trinajstić information content (AvgIpc) is 2.93. The van der Waals surface area contributed by atoms with Crippen LogP contribution in [0.4, 0.5) is 0 Å². The summed E-state index contributed by atoms with van der Waals surface area (Å²) in [5.41, 5.74) is 4.45. The number of hydrogen-bond donors (Lipinski definition) is 2. The highest BCUT2D eigenvalue weighted by atomic mass is 16.1. The predicted molar refractivity (Wildman–Crippen MR) is 97.1 cm³/mol. The largest absolute Gasteiger partial charge is 0.352 e. The molecule has 1 aliphatic rings. The summed E-state index contributed by atoms with van der Waals surface area (Å²) in [5, 5.41) is 10.4. The molecule has 0 aliphatic carbocycles. The predicted octanol–water partition coefficient (Wildman–Crippen LogP) is 2.13. The minimum absolute atomic E-state index is 0.119. The number of nitrogens with zero attached hydrogens (tertiary/aromatic N) is 3. The fraction of sp³-hybridized carbons (Fsp3) is 0.526. The van der Waals surface area contributed by atoms with Gasteiger partial charge in [0.2, 0.25) is 5.91 Å². The lowest BCUT2D eigenvalue weighted by molar-refractivity contribution is -0.122. The van der Waals surface area contributed by atoms with Crippen molar-refractivity contribution in [1.82, 2.24) is 25.4 Å². The molecular weight excluding hydrogens is 314 g/mol. The minimum atomic E-state index is 0.119. The van der Waals surface area contributed by atoms with E-state index in [-0.39, 0.29) is 11.9 Å². The van der Waals surface area contributed by atoms with Crippen LogP contribution < -0.4 is 5.32 Å². The van der Waals surface area contributed by atoms with E-state index in [0.29, 0.717) is 12.8 Å². The Morgan fingerprint density at radius 2 is 2.32 bits per heavy atom. The van der Waals surface area contributed by atoms with Crippen LogP contribution in [0.2, 0.25) is 0 Å². The maximum atomic E-state index is 12.3. The first kappa shape index (κ1) is 17.6. The van der Waals surface area contributed by atoms with E-state index in [1.165, 1.54) is 5.56 Å². The molecule has 1 atom stereocenters. The van der Waals surface area contributed by atoms with E-state index in [9.17, 15) is 4.79 Å². The summed E-state index contributed by atoms with van der Waals surface area (Å²) in [6.45, 7) is 6.93. The normalized spacial score (nSPS) is 18.2. The first-order valence-electron chi connectivity index (χ1n) is 9.03. The molecule has 0 aromatic carbocycles. The van der Waals surface area contributed by atoms with E-state index in [1.807, 2.05) is 26.1 Å². The number of carbonyl (C=O) groups is 1. The Bertz CT molecular complexity index is 697. The maximum Gasteiger partial charge on any atom is 0.220 e. The number of aryl methyl sites for hydroxylation is 2. The lowest BCUT2D eigenvalue weighted by atomic mass is 10.0. The smallest absolute Gasteiger partial charge is 0.220 e. The zero-order valence-corrected chi connectivity index (χ0v) is 15.1. The molecule has 0 saturated carbocycles. The third kappa shape index (κ3) is 4.89. The minimum Gasteiger partial charge on any atom is -0.352 e. The van der Waals surface area contributed by atoms with Crippen LogP contribution in [-0.4, -0.2) is 45.1 Å². The van der Waals surface area contributed by atoms with E-state index >= 15 is 0 Å². The van der Waals surface area contributed by atoms with Crippen molar-refractivity contribution in [2.24, 2.45) is 0 Å². The van der Waals surface area contributed by atoms with Crippen LogP contribution in [0.25, 0.3) is 0 Å². The van der Waals surface area contributed by atoms with E-state index in [0.717, 1.165) is 49.4 Å². The van der Waals surface area contributed by atoms with E-state index in [4.69, 9.17) is 0 Å². The summed E-state index contributed by atoms with van der Waals surface area (Å²) in [5.74, 6) is 0.119. The van der Waals surface area contributed by atoms with Crippen molar-refractivity contribution in [2.45, 2.75) is 52.1 Å². The fourth-order valence-corrected chi connectivity index (χ4v) is 3.38. The van der Waals surface area contributed by atoms with Crippen molar-refractivity contribution >= 4 is 5.91 Å². The summed E-state index contributed by atoms with van der Waals surface area (Å²) in [6.07, 6.45) is 7.05. The van der Waals surface area contributed by atoms with Crippen molar-refractivity contribution in [1.29, 1.82) is 0 Å². The SMILES string of the molecule is Cc1[nH]nc(CCC(=O)NC2CCCN(Cc3cccnc3)C2)c1C. The molecule has 2 N–H and O–H groups in total. The van der Waals surface area contributed by atoms with Crippen LogP contribution >= 0.6 is 0 Å². The second-order valence-electron chi connectivity index (χ2n) is 6.92. The molecule has 1 unspecified atom stereocenters. The number of nitrogens with one attached hydrogen (secondary N) is 2. The first-order valence-corrected chi connectivity index (χ1v) is 9.03. The highest BCUT2D eigenvalue weighted by Crippen LogP contribution is 2.14. The van der Waals surface area contributed by atoms with Gasteiger partial charge in [0, 0.05) is 50.1 Å². The number of hydrogen-bond acceptors (Lipinski definition) is 4. The van der Waals surface area contributed by atoms with Crippen LogP contribution in [0.5, 0.6) is 0 Å². The second-order valence-corrected chi connectivity index (χ2v) is 6.92. The van der Waals surface area contributed by atoms with E-state index < -0.39 is 0 Å². The molecule has 2 aromatic heterocycles. The molecule has 6 heteroatoms. The number of H-pyrrole nitrogens is 1. The molecule has 1 fully saturated rings. The molecule has 0 radical (unpaired) electrons. The van der Waals surface area contributed by atoms with Crippen LogP contribution in [-0.2, 0) is 17.8 Å². The molecule has 6 nitrogen and oxygen atoms in total. The molecule has 0 bridgehead atoms. The fourth-order valence-electron chi connectivity index (χ4n) is 3.38.